The van der Waals surface area contributed by atoms with Crippen LogP contribution in [0.1, 0.15) is 44.0 Å². The summed E-state index contributed by atoms with van der Waals surface area (Å²) in [6, 6.07) is 0.356. The Hall–Kier alpha value is -1.45. The van der Waals surface area contributed by atoms with Crippen molar-refractivity contribution >= 4 is 15.9 Å². The molecule has 8 nitrogen and oxygen atoms in total. The Labute approximate surface area is 155 Å². The van der Waals surface area contributed by atoms with Crippen LogP contribution >= 0.6 is 0 Å². The fourth-order valence-electron chi connectivity index (χ4n) is 3.97. The second-order valence-electron chi connectivity index (χ2n) is 7.47. The second kappa shape index (κ2) is 7.66. The summed E-state index contributed by atoms with van der Waals surface area (Å²) in [4.78, 5) is 13.0. The maximum Gasteiger partial charge on any atom is 0.246 e. The van der Waals surface area contributed by atoms with Crippen molar-refractivity contribution in [3.63, 3.8) is 0 Å². The Morgan fingerprint density at radius 3 is 2.69 bits per heavy atom. The minimum Gasteiger partial charge on any atom is -0.352 e. The molecule has 26 heavy (non-hydrogen) atoms. The van der Waals surface area contributed by atoms with E-state index in [2.05, 4.69) is 27.8 Å². The van der Waals surface area contributed by atoms with E-state index in [0.717, 1.165) is 25.8 Å². The number of amides is 1. The van der Waals surface area contributed by atoms with Crippen molar-refractivity contribution in [3.05, 3.63) is 11.4 Å². The number of H-pyrrole nitrogens is 1. The molecule has 1 aromatic heterocycles. The van der Waals surface area contributed by atoms with E-state index < -0.39 is 10.0 Å². The summed E-state index contributed by atoms with van der Waals surface area (Å²) in [5.41, 5.74) is 1.01. The Balaban J connectivity index is 1.70. The first kappa shape index (κ1) is 19.3. The number of nitrogens with zero attached hydrogens (tertiary/aromatic N) is 2. The minimum absolute atomic E-state index is 0.0360. The number of aromatic amines is 1. The number of carbonyl (C=O) groups excluding carboxylic acids is 1. The van der Waals surface area contributed by atoms with Gasteiger partial charge in [-0.3, -0.25) is 9.89 Å². The summed E-state index contributed by atoms with van der Waals surface area (Å²) in [5.74, 6) is -0.341. The smallest absolute Gasteiger partial charge is 0.246 e. The highest BCUT2D eigenvalue weighted by Crippen LogP contribution is 2.27. The number of nitrogens with one attached hydrogen (secondary N) is 3. The molecule has 3 atom stereocenters. The first-order chi connectivity index (χ1) is 12.3. The van der Waals surface area contributed by atoms with Crippen molar-refractivity contribution in [1.82, 2.24) is 25.1 Å². The summed E-state index contributed by atoms with van der Waals surface area (Å²) < 4.78 is 27.5. The summed E-state index contributed by atoms with van der Waals surface area (Å²) in [6.45, 7) is 7.11. The van der Waals surface area contributed by atoms with Crippen LogP contribution in [0.5, 0.6) is 0 Å². The van der Waals surface area contributed by atoms with Crippen LogP contribution in [0.4, 0.5) is 0 Å². The van der Waals surface area contributed by atoms with Gasteiger partial charge in [-0.1, -0.05) is 0 Å². The quantitative estimate of drug-likeness (QED) is 0.709. The van der Waals surface area contributed by atoms with Gasteiger partial charge >= 0.3 is 0 Å². The number of aryl methyl sites for hydroxylation is 2. The number of sulfonamides is 1. The summed E-state index contributed by atoms with van der Waals surface area (Å²) in [6.07, 6.45) is 3.41. The van der Waals surface area contributed by atoms with Crippen molar-refractivity contribution in [2.75, 3.05) is 19.6 Å². The molecule has 1 aromatic rings. The molecule has 0 aliphatic carbocycles. The van der Waals surface area contributed by atoms with Crippen molar-refractivity contribution in [3.8, 4) is 0 Å². The van der Waals surface area contributed by atoms with E-state index in [1.54, 1.807) is 13.8 Å². The lowest BCUT2D eigenvalue weighted by molar-refractivity contribution is -0.127. The lowest BCUT2D eigenvalue weighted by Gasteiger charge is -2.35. The van der Waals surface area contributed by atoms with E-state index in [1.165, 1.54) is 4.31 Å². The molecule has 146 valence electrons. The van der Waals surface area contributed by atoms with Gasteiger partial charge in [0.1, 0.15) is 4.90 Å². The van der Waals surface area contributed by atoms with Crippen LogP contribution in [0.2, 0.25) is 0 Å². The van der Waals surface area contributed by atoms with Crippen molar-refractivity contribution in [2.24, 2.45) is 5.92 Å². The number of piperidine rings is 2. The fourth-order valence-corrected chi connectivity index (χ4v) is 5.82. The second-order valence-corrected chi connectivity index (χ2v) is 9.34. The van der Waals surface area contributed by atoms with E-state index in [9.17, 15) is 13.2 Å². The SMILES string of the molecule is Cc1n[nH]c(C)c1S(=O)(=O)N1CCCC(C(=O)NC2CCCNC2C)C1. The average Bonchev–Trinajstić information content (AvgIpc) is 2.96. The predicted octanol–water partition coefficient (Wildman–Crippen LogP) is 0.684. The highest BCUT2D eigenvalue weighted by molar-refractivity contribution is 7.89. The zero-order valence-corrected chi connectivity index (χ0v) is 16.5. The molecule has 2 fully saturated rings. The molecule has 3 unspecified atom stereocenters. The standard InChI is InChI=1S/C17H29N5O3S/c1-11-15(7-4-8-18-11)19-17(23)14-6-5-9-22(10-14)26(24,25)16-12(2)20-21-13(16)3/h11,14-15,18H,4-10H2,1-3H3,(H,19,23)(H,20,21). The zero-order valence-electron chi connectivity index (χ0n) is 15.7. The number of aromatic nitrogens is 2. The molecule has 3 rings (SSSR count). The van der Waals surface area contributed by atoms with Gasteiger partial charge in [0.15, 0.2) is 0 Å². The molecule has 1 amide bonds. The highest BCUT2D eigenvalue weighted by Gasteiger charge is 2.36. The lowest BCUT2D eigenvalue weighted by Crippen LogP contribution is -2.54. The highest BCUT2D eigenvalue weighted by atomic mass is 32.2. The third-order valence-electron chi connectivity index (χ3n) is 5.50. The van der Waals surface area contributed by atoms with Gasteiger partial charge in [0.2, 0.25) is 15.9 Å². The van der Waals surface area contributed by atoms with Crippen LogP contribution < -0.4 is 10.6 Å². The van der Waals surface area contributed by atoms with E-state index >= 15 is 0 Å². The van der Waals surface area contributed by atoms with E-state index in [-0.39, 0.29) is 35.3 Å². The Kier molecular flexibility index (Phi) is 5.69. The van der Waals surface area contributed by atoms with Gasteiger partial charge in [-0.2, -0.15) is 9.40 Å². The summed E-state index contributed by atoms with van der Waals surface area (Å²) in [5, 5.41) is 13.2. The number of hydrogen-bond acceptors (Lipinski definition) is 5. The molecule has 0 aromatic carbocycles. The van der Waals surface area contributed by atoms with Gasteiger partial charge in [0, 0.05) is 25.2 Å². The molecule has 2 aliphatic heterocycles. The van der Waals surface area contributed by atoms with Gasteiger partial charge in [-0.05, 0) is 53.0 Å². The summed E-state index contributed by atoms with van der Waals surface area (Å²) >= 11 is 0. The van der Waals surface area contributed by atoms with Crippen LogP contribution in [0.15, 0.2) is 4.90 Å². The zero-order chi connectivity index (χ0) is 18.9. The van der Waals surface area contributed by atoms with E-state index in [0.29, 0.717) is 24.4 Å². The van der Waals surface area contributed by atoms with E-state index in [1.807, 2.05) is 0 Å². The van der Waals surface area contributed by atoms with Crippen LogP contribution in [0.3, 0.4) is 0 Å². The minimum atomic E-state index is -3.64. The third kappa shape index (κ3) is 3.79. The van der Waals surface area contributed by atoms with Gasteiger partial charge < -0.3 is 10.6 Å². The molecule has 3 N–H and O–H groups in total. The Morgan fingerprint density at radius 2 is 2.04 bits per heavy atom. The van der Waals surface area contributed by atoms with Crippen molar-refractivity contribution in [1.29, 1.82) is 0 Å². The molecular formula is C17H29N5O3S. The largest absolute Gasteiger partial charge is 0.352 e. The lowest BCUT2D eigenvalue weighted by atomic mass is 9.95. The molecule has 0 bridgehead atoms. The van der Waals surface area contributed by atoms with E-state index in [4.69, 9.17) is 0 Å². The van der Waals surface area contributed by atoms with Gasteiger partial charge in [0.25, 0.3) is 0 Å². The maximum atomic E-state index is 13.0. The average molecular weight is 384 g/mol. The van der Waals surface area contributed by atoms with Crippen LogP contribution in [0, 0.1) is 19.8 Å². The Morgan fingerprint density at radius 1 is 1.27 bits per heavy atom. The Bertz CT molecular complexity index is 741. The van der Waals surface area contributed by atoms with Gasteiger partial charge in [-0.25, -0.2) is 8.42 Å². The third-order valence-corrected chi connectivity index (χ3v) is 7.63. The summed E-state index contributed by atoms with van der Waals surface area (Å²) in [7, 11) is -3.64. The van der Waals surface area contributed by atoms with Crippen LogP contribution in [0.25, 0.3) is 0 Å². The number of carbonyl (C=O) groups is 1. The molecule has 0 saturated carbocycles. The number of rotatable bonds is 4. The monoisotopic (exact) mass is 383 g/mol. The molecule has 9 heteroatoms. The molecule has 3 heterocycles. The van der Waals surface area contributed by atoms with Gasteiger partial charge in [-0.15, -0.1) is 0 Å². The number of hydrogen-bond donors (Lipinski definition) is 3. The normalized spacial score (nSPS) is 28.0. The topological polar surface area (TPSA) is 107 Å². The van der Waals surface area contributed by atoms with Crippen molar-refractivity contribution < 1.29 is 13.2 Å². The predicted molar refractivity (Wildman–Crippen MR) is 98.2 cm³/mol. The van der Waals surface area contributed by atoms with Crippen LogP contribution in [-0.2, 0) is 14.8 Å². The first-order valence-corrected chi connectivity index (χ1v) is 10.8. The van der Waals surface area contributed by atoms with Crippen LogP contribution in [-0.4, -0.2) is 60.5 Å². The molecular weight excluding hydrogens is 354 g/mol. The molecule has 2 saturated heterocycles. The first-order valence-electron chi connectivity index (χ1n) is 9.36. The van der Waals surface area contributed by atoms with Gasteiger partial charge in [0.05, 0.1) is 17.3 Å². The van der Waals surface area contributed by atoms with Crippen molar-refractivity contribution in [2.45, 2.75) is 63.4 Å². The fraction of sp³-hybridized carbons (Fsp3) is 0.765. The molecule has 2 aliphatic rings. The molecule has 0 spiro atoms. The molecule has 0 radical (unpaired) electrons. The maximum absolute atomic E-state index is 13.0.